The summed E-state index contributed by atoms with van der Waals surface area (Å²) >= 11 is 1.74. The third-order valence-corrected chi connectivity index (χ3v) is 4.75. The summed E-state index contributed by atoms with van der Waals surface area (Å²) in [5.41, 5.74) is 7.91. The average molecular weight is 369 g/mol. The first-order valence-corrected chi connectivity index (χ1v) is 9.41. The molecular weight excluding hydrogens is 347 g/mol. The van der Waals surface area contributed by atoms with Gasteiger partial charge in [0.15, 0.2) is 5.76 Å². The lowest BCUT2D eigenvalue weighted by molar-refractivity contribution is -0.135. The summed E-state index contributed by atoms with van der Waals surface area (Å²) < 4.78 is 21.5. The highest BCUT2D eigenvalue weighted by molar-refractivity contribution is 7.99. The topological polar surface area (TPSA) is 90.6 Å². The van der Waals surface area contributed by atoms with Crippen molar-refractivity contribution in [1.82, 2.24) is 5.09 Å². The van der Waals surface area contributed by atoms with E-state index in [0.717, 1.165) is 22.3 Å². The van der Waals surface area contributed by atoms with Crippen LogP contribution in [0, 0.1) is 0 Å². The van der Waals surface area contributed by atoms with E-state index >= 15 is 0 Å². The Kier molecular flexibility index (Phi) is 8.36. The van der Waals surface area contributed by atoms with E-state index < -0.39 is 14.1 Å². The maximum Gasteiger partial charge on any atom is 0.693 e. The van der Waals surface area contributed by atoms with Gasteiger partial charge in [0, 0.05) is 9.46 Å². The molecule has 8 heteroatoms. The number of hydrogen-bond donors (Lipinski definition) is 2. The third kappa shape index (κ3) is 6.64. The zero-order valence-corrected chi connectivity index (χ0v) is 15.9. The number of carbonyl (C=O) groups excluding carboxylic acids is 1. The number of ether oxygens (including phenoxy) is 1. The van der Waals surface area contributed by atoms with Gasteiger partial charge in [0.25, 0.3) is 0 Å². The molecule has 1 aromatic rings. The number of methoxy groups -OCH3 is 1. The molecule has 0 heterocycles. The molecule has 0 fully saturated rings. The molecule has 24 heavy (non-hydrogen) atoms. The number of thioether (sulfide) groups is 1. The quantitative estimate of drug-likeness (QED) is 0.237. The predicted molar refractivity (Wildman–Crippen MR) is 97.2 cm³/mol. The number of carbonyl (C=O) groups is 1. The van der Waals surface area contributed by atoms with Crippen LogP contribution in [-0.4, -0.2) is 18.8 Å². The summed E-state index contributed by atoms with van der Waals surface area (Å²) in [6.07, 6.45) is 1.11. The Hall–Kier alpha value is -1.98. The van der Waals surface area contributed by atoms with Gasteiger partial charge in [-0.05, 0) is 37.3 Å². The van der Waals surface area contributed by atoms with Crippen LogP contribution >= 0.6 is 19.9 Å². The third-order valence-electron chi connectivity index (χ3n) is 2.89. The maximum atomic E-state index is 11.9. The molecule has 0 aliphatic carbocycles. The van der Waals surface area contributed by atoms with E-state index in [0.29, 0.717) is 11.4 Å². The standard InChI is InChI=1S/C16H22N2O4PS/c1-5-24-14-8-6-13(7-9-14)16(17)12(3)18-23(20)22-11(2)10-15(19)21-4/h6-10H,5,17H2,1-4H3,(H,18,20)/q+1/b11-10+,16-12+. The van der Waals surface area contributed by atoms with Crippen LogP contribution in [0.2, 0.25) is 0 Å². The van der Waals surface area contributed by atoms with Crippen molar-refractivity contribution in [3.8, 4) is 0 Å². The molecule has 3 N–H and O–H groups in total. The summed E-state index contributed by atoms with van der Waals surface area (Å²) in [5.74, 6) is 0.608. The Bertz CT molecular complexity index is 657. The van der Waals surface area contributed by atoms with Crippen molar-refractivity contribution < 1.29 is 18.6 Å². The lowest BCUT2D eigenvalue weighted by Crippen LogP contribution is -2.10. The Morgan fingerprint density at radius 1 is 1.33 bits per heavy atom. The van der Waals surface area contributed by atoms with Crippen molar-refractivity contribution in [1.29, 1.82) is 0 Å². The summed E-state index contributed by atoms with van der Waals surface area (Å²) in [5, 5.41) is 2.68. The SMILES string of the molecule is CCSc1ccc(/C(N)=C(/C)N[P+](=O)O/C(C)=C/C(=O)OC)cc1. The Morgan fingerprint density at radius 2 is 1.96 bits per heavy atom. The van der Waals surface area contributed by atoms with Gasteiger partial charge in [-0.25, -0.2) is 9.32 Å². The molecule has 130 valence electrons. The highest BCUT2D eigenvalue weighted by atomic mass is 32.2. The van der Waals surface area contributed by atoms with E-state index in [1.165, 1.54) is 14.0 Å². The molecular formula is C16H22N2O4PS+. The van der Waals surface area contributed by atoms with Gasteiger partial charge in [-0.1, -0.05) is 19.1 Å². The molecule has 1 unspecified atom stereocenters. The molecule has 0 radical (unpaired) electrons. The molecule has 0 spiro atoms. The van der Waals surface area contributed by atoms with Crippen molar-refractivity contribution in [3.05, 3.63) is 47.4 Å². The number of nitrogens with one attached hydrogen (secondary N) is 1. The van der Waals surface area contributed by atoms with E-state index in [-0.39, 0.29) is 5.76 Å². The van der Waals surface area contributed by atoms with Gasteiger partial charge in [0.1, 0.15) is 0 Å². The molecule has 0 aromatic heterocycles. The van der Waals surface area contributed by atoms with Crippen LogP contribution in [0.1, 0.15) is 26.3 Å². The maximum absolute atomic E-state index is 11.9. The highest BCUT2D eigenvalue weighted by Crippen LogP contribution is 2.26. The van der Waals surface area contributed by atoms with Crippen molar-refractivity contribution in [3.63, 3.8) is 0 Å². The van der Waals surface area contributed by atoms with Gasteiger partial charge in [0.05, 0.1) is 24.6 Å². The molecule has 1 aromatic carbocycles. The van der Waals surface area contributed by atoms with Gasteiger partial charge in [-0.3, -0.25) is 0 Å². The second kappa shape index (κ2) is 10.0. The summed E-state index contributed by atoms with van der Waals surface area (Å²) in [4.78, 5) is 12.2. The first-order chi connectivity index (χ1) is 11.4. The minimum atomic E-state index is -2.25. The zero-order chi connectivity index (χ0) is 18.1. The average Bonchev–Trinajstić information content (AvgIpc) is 2.54. The largest absolute Gasteiger partial charge is 0.693 e. The van der Waals surface area contributed by atoms with Gasteiger partial charge >= 0.3 is 14.1 Å². The lowest BCUT2D eigenvalue weighted by Gasteiger charge is -2.06. The van der Waals surface area contributed by atoms with Crippen LogP contribution < -0.4 is 10.8 Å². The molecule has 6 nitrogen and oxygen atoms in total. The first kappa shape index (κ1) is 20.1. The van der Waals surface area contributed by atoms with Crippen molar-refractivity contribution in [2.45, 2.75) is 25.7 Å². The van der Waals surface area contributed by atoms with E-state index in [2.05, 4.69) is 16.7 Å². The van der Waals surface area contributed by atoms with Crippen molar-refractivity contribution >= 4 is 31.6 Å². The number of rotatable bonds is 8. The summed E-state index contributed by atoms with van der Waals surface area (Å²) in [7, 11) is -0.996. The van der Waals surface area contributed by atoms with E-state index in [9.17, 15) is 9.36 Å². The molecule has 1 rings (SSSR count). The molecule has 0 saturated carbocycles. The fraction of sp³-hybridized carbons (Fsp3) is 0.312. The molecule has 0 amide bonds. The molecule has 1 atom stereocenters. The Morgan fingerprint density at radius 3 is 2.50 bits per heavy atom. The minimum Gasteiger partial charge on any atom is -0.466 e. The van der Waals surface area contributed by atoms with E-state index in [4.69, 9.17) is 10.3 Å². The van der Waals surface area contributed by atoms with E-state index in [1.54, 1.807) is 18.7 Å². The van der Waals surface area contributed by atoms with Crippen molar-refractivity contribution in [2.75, 3.05) is 12.9 Å². The van der Waals surface area contributed by atoms with E-state index in [1.807, 2.05) is 24.3 Å². The number of nitrogens with two attached hydrogens (primary N) is 1. The fourth-order valence-electron chi connectivity index (χ4n) is 1.72. The van der Waals surface area contributed by atoms with Crippen LogP contribution in [0.3, 0.4) is 0 Å². The monoisotopic (exact) mass is 369 g/mol. The number of esters is 1. The molecule has 0 aliphatic heterocycles. The van der Waals surface area contributed by atoms with Gasteiger partial charge in [-0.2, -0.15) is 0 Å². The van der Waals surface area contributed by atoms with Crippen LogP contribution in [0.15, 0.2) is 46.7 Å². The van der Waals surface area contributed by atoms with Gasteiger partial charge in [-0.15, -0.1) is 16.8 Å². The first-order valence-electron chi connectivity index (χ1n) is 7.25. The molecule has 0 aliphatic rings. The van der Waals surface area contributed by atoms with Gasteiger partial charge < -0.3 is 10.5 Å². The van der Waals surface area contributed by atoms with Crippen LogP contribution in [-0.2, 0) is 18.6 Å². The van der Waals surface area contributed by atoms with Crippen LogP contribution in [0.4, 0.5) is 0 Å². The minimum absolute atomic E-state index is 0.183. The second-order valence-corrected chi connectivity index (χ2v) is 6.99. The predicted octanol–water partition coefficient (Wildman–Crippen LogP) is 3.79. The lowest BCUT2D eigenvalue weighted by atomic mass is 10.1. The normalized spacial score (nSPS) is 13.0. The summed E-state index contributed by atoms with van der Waals surface area (Å²) in [6.45, 7) is 5.31. The Balaban J connectivity index is 2.74. The van der Waals surface area contributed by atoms with Crippen LogP contribution in [0.5, 0.6) is 0 Å². The summed E-state index contributed by atoms with van der Waals surface area (Å²) in [6, 6.07) is 7.80. The smallest absolute Gasteiger partial charge is 0.466 e. The van der Waals surface area contributed by atoms with Crippen molar-refractivity contribution in [2.24, 2.45) is 5.73 Å². The highest BCUT2D eigenvalue weighted by Gasteiger charge is 2.21. The Labute approximate surface area is 147 Å². The van der Waals surface area contributed by atoms with Crippen LogP contribution in [0.25, 0.3) is 5.70 Å². The van der Waals surface area contributed by atoms with Gasteiger partial charge in [0.2, 0.25) is 0 Å². The number of allylic oxidation sites excluding steroid dienone is 2. The second-order valence-electron chi connectivity index (χ2n) is 4.73. The number of hydrogen-bond acceptors (Lipinski definition) is 6. The number of benzene rings is 1. The zero-order valence-electron chi connectivity index (χ0n) is 14.2. The molecule has 0 bridgehead atoms. The molecule has 0 saturated heterocycles. The fourth-order valence-corrected chi connectivity index (χ4v) is 3.13.